The summed E-state index contributed by atoms with van der Waals surface area (Å²) in [7, 11) is 1.92. The number of hydrogen-bond acceptors (Lipinski definition) is 6. The van der Waals surface area contributed by atoms with Gasteiger partial charge in [-0.1, -0.05) is 0 Å². The fourth-order valence-electron chi connectivity index (χ4n) is 4.70. The lowest BCUT2D eigenvalue weighted by Gasteiger charge is -2.39. The lowest BCUT2D eigenvalue weighted by Crippen LogP contribution is -2.48. The summed E-state index contributed by atoms with van der Waals surface area (Å²) in [5.74, 6) is 1.35. The van der Waals surface area contributed by atoms with Crippen LogP contribution in [0, 0.1) is 11.8 Å². The first kappa shape index (κ1) is 24.5. The third-order valence-corrected chi connectivity index (χ3v) is 6.37. The van der Waals surface area contributed by atoms with Crippen LogP contribution in [-0.4, -0.2) is 81.3 Å². The Bertz CT molecular complexity index is 767. The lowest BCUT2D eigenvalue weighted by molar-refractivity contribution is -0.132. The van der Waals surface area contributed by atoms with E-state index in [1.807, 2.05) is 22.7 Å². The van der Waals surface area contributed by atoms with Gasteiger partial charge >= 0.3 is 6.09 Å². The molecular formula is C23H39N5O4. The zero-order valence-corrected chi connectivity index (χ0v) is 19.9. The van der Waals surface area contributed by atoms with Gasteiger partial charge in [0.15, 0.2) is 0 Å². The van der Waals surface area contributed by atoms with Crippen LogP contribution < -0.4 is 5.32 Å². The van der Waals surface area contributed by atoms with Gasteiger partial charge < -0.3 is 29.5 Å². The van der Waals surface area contributed by atoms with Crippen molar-refractivity contribution in [3.63, 3.8) is 0 Å². The largest absolute Gasteiger partial charge is 0.444 e. The van der Waals surface area contributed by atoms with Crippen LogP contribution in [0.5, 0.6) is 0 Å². The molecule has 1 aromatic heterocycles. The average Bonchev–Trinajstić information content (AvgIpc) is 3.17. The molecule has 9 heteroatoms. The van der Waals surface area contributed by atoms with Gasteiger partial charge in [0.2, 0.25) is 5.91 Å². The van der Waals surface area contributed by atoms with E-state index in [1.54, 1.807) is 27.0 Å². The molecule has 3 heterocycles. The quantitative estimate of drug-likeness (QED) is 0.688. The highest BCUT2D eigenvalue weighted by atomic mass is 16.6. The number of carbonyl (C=O) groups excluding carboxylic acids is 2. The van der Waals surface area contributed by atoms with Crippen LogP contribution in [0.4, 0.5) is 4.79 Å². The molecule has 0 radical (unpaired) electrons. The maximum atomic E-state index is 12.6. The molecule has 32 heavy (non-hydrogen) atoms. The maximum Gasteiger partial charge on any atom is 0.408 e. The highest BCUT2D eigenvalue weighted by Crippen LogP contribution is 2.30. The Hall–Kier alpha value is -2.13. The molecule has 2 saturated heterocycles. The summed E-state index contributed by atoms with van der Waals surface area (Å²) in [6.07, 6.45) is 6.51. The number of ether oxygens (including phenoxy) is 1. The topological polar surface area (TPSA) is 99.9 Å². The first-order valence-electron chi connectivity index (χ1n) is 11.7. The normalized spacial score (nSPS) is 21.9. The van der Waals surface area contributed by atoms with Crippen LogP contribution in [0.25, 0.3) is 0 Å². The number of rotatable bonds is 6. The van der Waals surface area contributed by atoms with Crippen molar-refractivity contribution in [3.05, 3.63) is 18.2 Å². The average molecular weight is 450 g/mol. The van der Waals surface area contributed by atoms with E-state index in [0.717, 1.165) is 64.2 Å². The number of hydrogen-bond donors (Lipinski definition) is 2. The van der Waals surface area contributed by atoms with E-state index < -0.39 is 17.8 Å². The van der Waals surface area contributed by atoms with Crippen LogP contribution >= 0.6 is 0 Å². The van der Waals surface area contributed by atoms with E-state index in [0.29, 0.717) is 5.92 Å². The summed E-state index contributed by atoms with van der Waals surface area (Å²) in [6.45, 7) is 9.71. The number of nitrogens with one attached hydrogen (secondary N) is 1. The Kier molecular flexibility index (Phi) is 8.16. The molecule has 0 saturated carbocycles. The molecule has 2 amide bonds. The van der Waals surface area contributed by atoms with Gasteiger partial charge in [-0.3, -0.25) is 4.79 Å². The predicted molar refractivity (Wildman–Crippen MR) is 121 cm³/mol. The highest BCUT2D eigenvalue weighted by molar-refractivity contribution is 5.82. The summed E-state index contributed by atoms with van der Waals surface area (Å²) in [6, 6.07) is 0. The van der Waals surface area contributed by atoms with Gasteiger partial charge in [-0.15, -0.1) is 0 Å². The van der Waals surface area contributed by atoms with Gasteiger partial charge in [0, 0.05) is 39.1 Å². The third kappa shape index (κ3) is 6.93. The van der Waals surface area contributed by atoms with Gasteiger partial charge in [-0.2, -0.15) is 0 Å². The zero-order chi connectivity index (χ0) is 23.3. The number of likely N-dealkylation sites (tertiary alicyclic amines) is 2. The Morgan fingerprint density at radius 3 is 2.59 bits per heavy atom. The Balaban J connectivity index is 1.40. The van der Waals surface area contributed by atoms with Crippen molar-refractivity contribution in [2.24, 2.45) is 18.9 Å². The van der Waals surface area contributed by atoms with Crippen molar-refractivity contribution < 1.29 is 19.4 Å². The minimum Gasteiger partial charge on any atom is -0.444 e. The monoisotopic (exact) mass is 449 g/mol. The van der Waals surface area contributed by atoms with Crippen molar-refractivity contribution in [2.75, 3.05) is 39.3 Å². The lowest BCUT2D eigenvalue weighted by atomic mass is 9.89. The number of alkyl carbamates (subject to hydrolysis) is 1. The summed E-state index contributed by atoms with van der Waals surface area (Å²) >= 11 is 0. The Morgan fingerprint density at radius 1 is 1.25 bits per heavy atom. The first-order chi connectivity index (χ1) is 15.1. The highest BCUT2D eigenvalue weighted by Gasteiger charge is 2.31. The van der Waals surface area contributed by atoms with Crippen LogP contribution in [0.3, 0.4) is 0 Å². The second kappa shape index (κ2) is 10.7. The number of nitrogens with zero attached hydrogens (tertiary/aromatic N) is 4. The van der Waals surface area contributed by atoms with Crippen LogP contribution in [-0.2, 0) is 16.6 Å². The summed E-state index contributed by atoms with van der Waals surface area (Å²) in [4.78, 5) is 33.0. The van der Waals surface area contributed by atoms with Crippen LogP contribution in [0.1, 0.15) is 58.4 Å². The minimum atomic E-state index is -0.579. The summed E-state index contributed by atoms with van der Waals surface area (Å²) < 4.78 is 7.09. The van der Waals surface area contributed by atoms with Gasteiger partial charge in [0.25, 0.3) is 0 Å². The number of aromatic nitrogens is 2. The van der Waals surface area contributed by atoms with Crippen molar-refractivity contribution in [1.29, 1.82) is 0 Å². The van der Waals surface area contributed by atoms with Crippen molar-refractivity contribution in [3.8, 4) is 0 Å². The summed E-state index contributed by atoms with van der Waals surface area (Å²) in [5, 5.41) is 13.3. The van der Waals surface area contributed by atoms with Gasteiger partial charge in [0.05, 0.1) is 0 Å². The number of aryl methyl sites for hydroxylation is 1. The standard InChI is InChI=1S/C23H39N5O4/c1-23(2,3)32-22(31)25-14-19(29)28-10-5-6-17(16-28)15-27-11-7-18(8-12-27)20(30)21-24-9-13-26(21)4/h9,13,17-18,20,30H,5-8,10-12,14-16H2,1-4H3,(H,25,31)/t17-,20+/m0/s1. The van der Waals surface area contributed by atoms with Crippen molar-refractivity contribution in [2.45, 2.75) is 58.2 Å². The number of imidazole rings is 1. The van der Waals surface area contributed by atoms with E-state index in [4.69, 9.17) is 4.74 Å². The molecule has 2 fully saturated rings. The number of carbonyl (C=O) groups is 2. The molecule has 2 aliphatic heterocycles. The Morgan fingerprint density at radius 2 is 1.97 bits per heavy atom. The van der Waals surface area contributed by atoms with E-state index >= 15 is 0 Å². The molecule has 180 valence electrons. The molecule has 0 spiro atoms. The molecule has 0 aromatic carbocycles. The van der Waals surface area contributed by atoms with E-state index in [9.17, 15) is 14.7 Å². The van der Waals surface area contributed by atoms with Crippen LogP contribution in [0.15, 0.2) is 12.4 Å². The Labute approximate surface area is 191 Å². The van der Waals surface area contributed by atoms with Crippen molar-refractivity contribution >= 4 is 12.0 Å². The maximum absolute atomic E-state index is 12.6. The van der Waals surface area contributed by atoms with Gasteiger partial charge in [0.1, 0.15) is 24.1 Å². The fraction of sp³-hybridized carbons (Fsp3) is 0.783. The number of aliphatic hydroxyl groups is 1. The minimum absolute atomic E-state index is 0.0297. The first-order valence-corrected chi connectivity index (χ1v) is 11.7. The number of piperidine rings is 2. The number of amides is 2. The molecule has 0 bridgehead atoms. The second-order valence-electron chi connectivity index (χ2n) is 10.2. The molecular weight excluding hydrogens is 410 g/mol. The third-order valence-electron chi connectivity index (χ3n) is 6.37. The molecule has 1 aromatic rings. The molecule has 2 N–H and O–H groups in total. The van der Waals surface area contributed by atoms with E-state index in [1.165, 1.54) is 0 Å². The SMILES string of the molecule is Cn1ccnc1[C@H](O)C1CCN(C[C@@H]2CCCN(C(=O)CNC(=O)OC(C)(C)C)C2)CC1. The van der Waals surface area contributed by atoms with Gasteiger partial charge in [-0.05, 0) is 71.4 Å². The molecule has 2 atom stereocenters. The van der Waals surface area contributed by atoms with E-state index in [-0.39, 0.29) is 18.4 Å². The number of aliphatic hydroxyl groups excluding tert-OH is 1. The molecule has 0 unspecified atom stereocenters. The van der Waals surface area contributed by atoms with Crippen molar-refractivity contribution in [1.82, 2.24) is 24.7 Å². The molecule has 9 nitrogen and oxygen atoms in total. The fourth-order valence-corrected chi connectivity index (χ4v) is 4.70. The van der Waals surface area contributed by atoms with E-state index in [2.05, 4.69) is 15.2 Å². The summed E-state index contributed by atoms with van der Waals surface area (Å²) in [5.41, 5.74) is -0.579. The molecule has 3 rings (SSSR count). The molecule has 2 aliphatic rings. The van der Waals surface area contributed by atoms with Gasteiger partial charge in [-0.25, -0.2) is 9.78 Å². The zero-order valence-electron chi connectivity index (χ0n) is 19.9. The molecule has 0 aliphatic carbocycles. The van der Waals surface area contributed by atoms with Crippen LogP contribution in [0.2, 0.25) is 0 Å². The smallest absolute Gasteiger partial charge is 0.408 e. The second-order valence-corrected chi connectivity index (χ2v) is 10.2. The predicted octanol–water partition coefficient (Wildman–Crippen LogP) is 1.93.